The molecule has 0 bridgehead atoms. The normalized spacial score (nSPS) is 12.6. The molecule has 164 valence electrons. The summed E-state index contributed by atoms with van der Waals surface area (Å²) < 4.78 is 25.4. The number of aliphatic hydroxyl groups excluding tert-OH is 1. The number of carbonyl (C=O) groups excluding carboxylic acids is 1. The molecule has 1 aromatic heterocycles. The van der Waals surface area contributed by atoms with Crippen molar-refractivity contribution in [2.75, 3.05) is 28.7 Å². The second-order valence-electron chi connectivity index (χ2n) is 7.37. The fraction of sp³-hybridized carbons (Fsp3) is 0.474. The minimum absolute atomic E-state index is 0.0836. The van der Waals surface area contributed by atoms with Gasteiger partial charge in [-0.2, -0.15) is 15.0 Å². The van der Waals surface area contributed by atoms with E-state index in [1.807, 2.05) is 32.9 Å². The number of nitrogens with zero attached hydrogens (tertiary/aromatic N) is 3. The third kappa shape index (κ3) is 8.25. The lowest BCUT2D eigenvalue weighted by Gasteiger charge is -2.18. The summed E-state index contributed by atoms with van der Waals surface area (Å²) in [7, 11) is -3.60. The van der Waals surface area contributed by atoms with Crippen LogP contribution in [0.2, 0.25) is 0 Å². The van der Waals surface area contributed by atoms with E-state index in [0.29, 0.717) is 17.9 Å². The molecule has 0 fully saturated rings. The molecule has 2 aromatic rings. The summed E-state index contributed by atoms with van der Waals surface area (Å²) in [5.74, 6) is 0.287. The lowest BCUT2D eigenvalue weighted by Crippen LogP contribution is -2.27. The zero-order valence-electron chi connectivity index (χ0n) is 17.4. The van der Waals surface area contributed by atoms with E-state index in [9.17, 15) is 18.3 Å². The number of Topliss-reactive ketones (excluding diaryl/α,β-unsaturated/α-hetero) is 1. The van der Waals surface area contributed by atoms with E-state index < -0.39 is 10.0 Å². The van der Waals surface area contributed by atoms with Gasteiger partial charge >= 0.3 is 0 Å². The summed E-state index contributed by atoms with van der Waals surface area (Å²) in [4.78, 5) is 24.9. The molecule has 1 atom stereocenters. The van der Waals surface area contributed by atoms with Gasteiger partial charge in [0.1, 0.15) is 0 Å². The molecule has 3 N–H and O–H groups in total. The van der Waals surface area contributed by atoms with E-state index >= 15 is 0 Å². The molecular weight excluding hydrogens is 426 g/mol. The minimum Gasteiger partial charge on any atom is -0.394 e. The number of carbonyl (C=O) groups is 1. The Morgan fingerprint density at radius 2 is 1.77 bits per heavy atom. The third-order valence-electron chi connectivity index (χ3n) is 3.91. The van der Waals surface area contributed by atoms with E-state index in [0.717, 1.165) is 23.6 Å². The molecule has 0 aliphatic rings. The molecule has 0 aliphatic heterocycles. The molecule has 2 rings (SSSR count). The van der Waals surface area contributed by atoms with Crippen molar-refractivity contribution in [3.63, 3.8) is 0 Å². The molecule has 9 nitrogen and oxygen atoms in total. The molecule has 1 heterocycles. The molecule has 1 aromatic carbocycles. The molecule has 0 saturated heterocycles. The van der Waals surface area contributed by atoms with Gasteiger partial charge in [0.2, 0.25) is 21.9 Å². The monoisotopic (exact) mass is 453 g/mol. The number of aryl methyl sites for hydroxylation is 1. The van der Waals surface area contributed by atoms with Crippen LogP contribution in [0.4, 0.5) is 11.9 Å². The Morgan fingerprint density at radius 3 is 2.33 bits per heavy atom. The standard InChI is InChI=1S/C19H27N5O4S2/c1-12(2)9-15(10-25)20-17-21-18(24-30(4,27)28)23-19(22-17)29-11-16(26)14-7-5-13(3)6-8-14/h5-8,12,15,25H,9-11H2,1-4H3,(H2,20,21,22,23,24)/t15-/m1/s1. The SMILES string of the molecule is Cc1ccc(C(=O)CSc2nc(N[C@@H](CO)CC(C)C)nc(NS(C)(=O)=O)n2)cc1. The summed E-state index contributed by atoms with van der Waals surface area (Å²) in [6.45, 7) is 5.85. The van der Waals surface area contributed by atoms with Crippen molar-refractivity contribution in [3.8, 4) is 0 Å². The van der Waals surface area contributed by atoms with Crippen molar-refractivity contribution in [2.45, 2.75) is 38.4 Å². The number of rotatable bonds is 11. The number of sulfonamides is 1. The Bertz CT molecular complexity index is 965. The highest BCUT2D eigenvalue weighted by molar-refractivity contribution is 7.99. The van der Waals surface area contributed by atoms with Gasteiger partial charge in [-0.25, -0.2) is 8.42 Å². The van der Waals surface area contributed by atoms with Crippen LogP contribution < -0.4 is 10.0 Å². The average Bonchev–Trinajstić information content (AvgIpc) is 2.64. The van der Waals surface area contributed by atoms with Gasteiger partial charge < -0.3 is 10.4 Å². The van der Waals surface area contributed by atoms with Crippen molar-refractivity contribution in [1.29, 1.82) is 0 Å². The van der Waals surface area contributed by atoms with Crippen LogP contribution in [-0.2, 0) is 10.0 Å². The quantitative estimate of drug-likeness (QED) is 0.346. The lowest BCUT2D eigenvalue weighted by molar-refractivity contribution is 0.102. The smallest absolute Gasteiger partial charge is 0.242 e. The summed E-state index contributed by atoms with van der Waals surface area (Å²) >= 11 is 1.08. The Kier molecular flexibility index (Phi) is 8.56. The molecule has 0 saturated carbocycles. The van der Waals surface area contributed by atoms with E-state index in [2.05, 4.69) is 25.0 Å². The number of nitrogens with one attached hydrogen (secondary N) is 2. The minimum atomic E-state index is -3.60. The number of anilines is 2. The summed E-state index contributed by atoms with van der Waals surface area (Å²) in [6.07, 6.45) is 1.67. The second kappa shape index (κ2) is 10.7. The molecule has 0 radical (unpaired) electrons. The maximum atomic E-state index is 12.4. The van der Waals surface area contributed by atoms with Crippen molar-refractivity contribution in [1.82, 2.24) is 15.0 Å². The van der Waals surface area contributed by atoms with Gasteiger partial charge in [-0.05, 0) is 19.3 Å². The van der Waals surface area contributed by atoms with Crippen LogP contribution >= 0.6 is 11.8 Å². The maximum absolute atomic E-state index is 12.4. The summed E-state index contributed by atoms with van der Waals surface area (Å²) in [5.41, 5.74) is 1.64. The number of aromatic nitrogens is 3. The van der Waals surface area contributed by atoms with Crippen LogP contribution in [0.5, 0.6) is 0 Å². The van der Waals surface area contributed by atoms with Crippen LogP contribution in [0.3, 0.4) is 0 Å². The van der Waals surface area contributed by atoms with Gasteiger partial charge in [0.25, 0.3) is 0 Å². The number of aliphatic hydroxyl groups is 1. The van der Waals surface area contributed by atoms with Crippen LogP contribution in [0.25, 0.3) is 0 Å². The van der Waals surface area contributed by atoms with Crippen LogP contribution in [-0.4, -0.2) is 58.9 Å². The lowest BCUT2D eigenvalue weighted by atomic mass is 10.0. The first-order valence-electron chi connectivity index (χ1n) is 9.39. The van der Waals surface area contributed by atoms with Gasteiger partial charge in [0.05, 0.1) is 24.7 Å². The van der Waals surface area contributed by atoms with Crippen molar-refractivity contribution in [2.24, 2.45) is 5.92 Å². The fourth-order valence-corrected chi connectivity index (χ4v) is 3.73. The highest BCUT2D eigenvalue weighted by Crippen LogP contribution is 2.20. The number of benzene rings is 1. The van der Waals surface area contributed by atoms with Crippen LogP contribution in [0.15, 0.2) is 29.4 Å². The topological polar surface area (TPSA) is 134 Å². The van der Waals surface area contributed by atoms with Gasteiger partial charge in [-0.1, -0.05) is 55.4 Å². The zero-order chi connectivity index (χ0) is 22.3. The first kappa shape index (κ1) is 24.0. The molecule has 0 spiro atoms. The van der Waals surface area contributed by atoms with Crippen molar-refractivity contribution >= 4 is 39.5 Å². The van der Waals surface area contributed by atoms with Crippen molar-refractivity contribution < 1.29 is 18.3 Å². The van der Waals surface area contributed by atoms with E-state index in [1.165, 1.54) is 0 Å². The Morgan fingerprint density at radius 1 is 1.13 bits per heavy atom. The van der Waals surface area contributed by atoms with Crippen molar-refractivity contribution in [3.05, 3.63) is 35.4 Å². The zero-order valence-corrected chi connectivity index (χ0v) is 19.0. The van der Waals surface area contributed by atoms with E-state index in [-0.39, 0.29) is 41.2 Å². The molecular formula is C19H27N5O4S2. The second-order valence-corrected chi connectivity index (χ2v) is 10.1. The number of ketones is 1. The van der Waals surface area contributed by atoms with Gasteiger partial charge in [-0.15, -0.1) is 0 Å². The van der Waals surface area contributed by atoms with E-state index in [1.54, 1.807) is 12.1 Å². The van der Waals surface area contributed by atoms with Crippen LogP contribution in [0.1, 0.15) is 36.2 Å². The fourth-order valence-electron chi connectivity index (χ4n) is 2.58. The highest BCUT2D eigenvalue weighted by Gasteiger charge is 2.16. The largest absolute Gasteiger partial charge is 0.394 e. The molecule has 30 heavy (non-hydrogen) atoms. The Balaban J connectivity index is 2.20. The van der Waals surface area contributed by atoms with Gasteiger partial charge in [0, 0.05) is 5.56 Å². The van der Waals surface area contributed by atoms with Gasteiger partial charge in [-0.3, -0.25) is 9.52 Å². The Labute approximate surface area is 181 Å². The molecule has 0 unspecified atom stereocenters. The summed E-state index contributed by atoms with van der Waals surface area (Å²) in [6, 6.07) is 6.94. The predicted octanol–water partition coefficient (Wildman–Crippen LogP) is 2.35. The molecule has 11 heteroatoms. The summed E-state index contributed by atoms with van der Waals surface area (Å²) in [5, 5.41) is 12.8. The van der Waals surface area contributed by atoms with Crippen LogP contribution in [0, 0.1) is 12.8 Å². The number of hydrogen-bond acceptors (Lipinski definition) is 9. The third-order valence-corrected chi connectivity index (χ3v) is 5.31. The molecule has 0 aliphatic carbocycles. The van der Waals surface area contributed by atoms with Gasteiger partial charge in [0.15, 0.2) is 10.9 Å². The predicted molar refractivity (Wildman–Crippen MR) is 118 cm³/mol. The average molecular weight is 454 g/mol. The first-order chi connectivity index (χ1) is 14.1. The first-order valence-corrected chi connectivity index (χ1v) is 12.3. The number of thioether (sulfide) groups is 1. The maximum Gasteiger partial charge on any atom is 0.242 e. The van der Waals surface area contributed by atoms with E-state index in [4.69, 9.17) is 0 Å². The molecule has 0 amide bonds. The number of hydrogen-bond donors (Lipinski definition) is 3. The highest BCUT2D eigenvalue weighted by atomic mass is 32.2. The Hall–Kier alpha value is -2.24.